The van der Waals surface area contributed by atoms with Crippen LogP contribution in [0.1, 0.15) is 37.4 Å². The maximum Gasteiger partial charge on any atom is 0.341 e. The summed E-state index contributed by atoms with van der Waals surface area (Å²) in [6.07, 6.45) is 2.28. The van der Waals surface area contributed by atoms with E-state index in [1.54, 1.807) is 12.3 Å². The molecule has 0 saturated heterocycles. The van der Waals surface area contributed by atoms with Crippen molar-refractivity contribution in [3.63, 3.8) is 0 Å². The van der Waals surface area contributed by atoms with Crippen molar-refractivity contribution in [2.24, 2.45) is 0 Å². The average molecular weight is 365 g/mol. The zero-order valence-corrected chi connectivity index (χ0v) is 15.3. The second kappa shape index (κ2) is 7.45. The van der Waals surface area contributed by atoms with Crippen molar-refractivity contribution in [2.75, 3.05) is 14.2 Å². The molecule has 0 unspecified atom stereocenters. The molecule has 0 fully saturated rings. The maximum absolute atomic E-state index is 12.0. The number of carbonyl (C=O) groups excluding carboxylic acids is 1. The minimum absolute atomic E-state index is 0.0237. The van der Waals surface area contributed by atoms with E-state index in [9.17, 15) is 14.7 Å². The summed E-state index contributed by atoms with van der Waals surface area (Å²) < 4.78 is 10.1. The van der Waals surface area contributed by atoms with Crippen LogP contribution < -0.4 is 4.74 Å². The third-order valence-corrected chi connectivity index (χ3v) is 4.35. The number of benzene rings is 2. The van der Waals surface area contributed by atoms with Gasteiger partial charge in [0, 0.05) is 11.6 Å². The molecule has 6 heteroatoms. The summed E-state index contributed by atoms with van der Waals surface area (Å²) in [6.45, 7) is 2.02. The molecule has 3 rings (SSSR count). The van der Waals surface area contributed by atoms with Gasteiger partial charge in [-0.1, -0.05) is 29.8 Å². The molecule has 0 amide bonds. The van der Waals surface area contributed by atoms with E-state index in [2.05, 4.69) is 4.98 Å². The predicted octanol–water partition coefficient (Wildman–Crippen LogP) is 3.63. The van der Waals surface area contributed by atoms with Gasteiger partial charge < -0.3 is 14.6 Å². The number of carbonyl (C=O) groups is 2. The zero-order chi connectivity index (χ0) is 19.6. The summed E-state index contributed by atoms with van der Waals surface area (Å²) >= 11 is 0. The van der Waals surface area contributed by atoms with E-state index in [0.717, 1.165) is 11.1 Å². The summed E-state index contributed by atoms with van der Waals surface area (Å²) in [5.41, 5.74) is 3.45. The second-order valence-corrected chi connectivity index (χ2v) is 6.20. The van der Waals surface area contributed by atoms with Gasteiger partial charge in [-0.05, 0) is 36.6 Å². The van der Waals surface area contributed by atoms with Gasteiger partial charge in [-0.3, -0.25) is 4.98 Å². The number of rotatable bonds is 5. The lowest BCUT2D eigenvalue weighted by Crippen LogP contribution is -2.09. The topological polar surface area (TPSA) is 85.7 Å². The van der Waals surface area contributed by atoms with E-state index < -0.39 is 11.9 Å². The van der Waals surface area contributed by atoms with E-state index in [0.29, 0.717) is 17.3 Å². The summed E-state index contributed by atoms with van der Waals surface area (Å²) in [7, 11) is 2.63. The highest BCUT2D eigenvalue weighted by Crippen LogP contribution is 2.32. The molecule has 0 radical (unpaired) electrons. The monoisotopic (exact) mass is 365 g/mol. The number of esters is 1. The van der Waals surface area contributed by atoms with Crippen molar-refractivity contribution in [1.29, 1.82) is 0 Å². The SMILES string of the molecule is COC(=O)c1cc(C(=O)O)c2cc(Cc3ccc(C)cc3)cnc2c1OC. The first-order valence-electron chi connectivity index (χ1n) is 8.31. The van der Waals surface area contributed by atoms with Crippen LogP contribution in [0, 0.1) is 6.92 Å². The first-order valence-corrected chi connectivity index (χ1v) is 8.31. The number of hydrogen-bond donors (Lipinski definition) is 1. The third-order valence-electron chi connectivity index (χ3n) is 4.35. The number of pyridine rings is 1. The Hall–Kier alpha value is -3.41. The van der Waals surface area contributed by atoms with Gasteiger partial charge in [0.1, 0.15) is 11.1 Å². The van der Waals surface area contributed by atoms with Crippen molar-refractivity contribution in [3.8, 4) is 5.75 Å². The van der Waals surface area contributed by atoms with Crippen molar-refractivity contribution in [3.05, 3.63) is 70.4 Å². The van der Waals surface area contributed by atoms with E-state index in [-0.39, 0.29) is 16.9 Å². The fourth-order valence-electron chi connectivity index (χ4n) is 2.99. The van der Waals surface area contributed by atoms with E-state index in [1.807, 2.05) is 31.2 Å². The zero-order valence-electron chi connectivity index (χ0n) is 15.3. The number of aromatic nitrogens is 1. The standard InChI is InChI=1S/C21H19NO5/c1-12-4-6-13(7-5-12)8-14-9-15-16(20(23)24)10-17(21(25)27-3)19(26-2)18(15)22-11-14/h4-7,9-11H,8H2,1-3H3,(H,23,24). The Balaban J connectivity index is 2.17. The van der Waals surface area contributed by atoms with Crippen LogP contribution in [0.3, 0.4) is 0 Å². The number of hydrogen-bond acceptors (Lipinski definition) is 5. The van der Waals surface area contributed by atoms with Gasteiger partial charge in [0.05, 0.1) is 19.8 Å². The molecule has 0 bridgehead atoms. The molecule has 0 aliphatic carbocycles. The summed E-state index contributed by atoms with van der Waals surface area (Å²) in [5.74, 6) is -1.63. The van der Waals surface area contributed by atoms with Crippen LogP contribution in [0.4, 0.5) is 0 Å². The van der Waals surface area contributed by atoms with Gasteiger partial charge in [-0.2, -0.15) is 0 Å². The molecular weight excluding hydrogens is 346 g/mol. The van der Waals surface area contributed by atoms with Gasteiger partial charge >= 0.3 is 11.9 Å². The number of carboxylic acid groups (broad SMARTS) is 1. The molecule has 27 heavy (non-hydrogen) atoms. The third kappa shape index (κ3) is 3.60. The predicted molar refractivity (Wildman–Crippen MR) is 101 cm³/mol. The highest BCUT2D eigenvalue weighted by molar-refractivity contribution is 6.09. The highest BCUT2D eigenvalue weighted by atomic mass is 16.5. The van der Waals surface area contributed by atoms with Gasteiger partial charge in [0.15, 0.2) is 5.75 Å². The van der Waals surface area contributed by atoms with E-state index >= 15 is 0 Å². The van der Waals surface area contributed by atoms with E-state index in [4.69, 9.17) is 9.47 Å². The van der Waals surface area contributed by atoms with Crippen LogP contribution in [-0.4, -0.2) is 36.2 Å². The maximum atomic E-state index is 12.0. The number of fused-ring (bicyclic) bond motifs is 1. The number of nitrogens with zero attached hydrogens (tertiary/aromatic N) is 1. The molecule has 0 saturated carbocycles. The minimum Gasteiger partial charge on any atom is -0.494 e. The fraction of sp³-hybridized carbons (Fsp3) is 0.190. The van der Waals surface area contributed by atoms with Crippen LogP contribution in [0.2, 0.25) is 0 Å². The molecule has 1 aromatic heterocycles. The minimum atomic E-state index is -1.15. The highest BCUT2D eigenvalue weighted by Gasteiger charge is 2.23. The van der Waals surface area contributed by atoms with Gasteiger partial charge in [-0.15, -0.1) is 0 Å². The van der Waals surface area contributed by atoms with E-state index in [1.165, 1.54) is 25.8 Å². The average Bonchev–Trinajstić information content (AvgIpc) is 2.67. The van der Waals surface area contributed by atoms with Crippen LogP contribution in [0.25, 0.3) is 10.9 Å². The molecule has 0 aliphatic rings. The number of aromatic carboxylic acids is 1. The molecule has 1 N–H and O–H groups in total. The summed E-state index contributed by atoms with van der Waals surface area (Å²) in [6, 6.07) is 11.1. The molecule has 0 spiro atoms. The molecule has 1 heterocycles. The molecule has 6 nitrogen and oxygen atoms in total. The van der Waals surface area contributed by atoms with Crippen molar-refractivity contribution in [1.82, 2.24) is 4.98 Å². The Bertz CT molecular complexity index is 1020. The Morgan fingerprint density at radius 3 is 2.33 bits per heavy atom. The quantitative estimate of drug-likeness (QED) is 0.695. The fourth-order valence-corrected chi connectivity index (χ4v) is 2.99. The van der Waals surface area contributed by atoms with Crippen LogP contribution >= 0.6 is 0 Å². The normalized spacial score (nSPS) is 10.6. The molecule has 3 aromatic rings. The van der Waals surface area contributed by atoms with Crippen LogP contribution in [-0.2, 0) is 11.2 Å². The number of carboxylic acids is 1. The summed E-state index contributed by atoms with van der Waals surface area (Å²) in [5, 5.41) is 10.0. The Kier molecular flexibility index (Phi) is 5.07. The van der Waals surface area contributed by atoms with Crippen LogP contribution in [0.5, 0.6) is 5.75 Å². The molecule has 2 aromatic carbocycles. The Labute approximate surface area is 156 Å². The lowest BCUT2D eigenvalue weighted by Gasteiger charge is -2.13. The largest absolute Gasteiger partial charge is 0.494 e. The Morgan fingerprint density at radius 2 is 1.74 bits per heavy atom. The van der Waals surface area contributed by atoms with Crippen molar-refractivity contribution >= 4 is 22.8 Å². The molecule has 138 valence electrons. The smallest absolute Gasteiger partial charge is 0.341 e. The Morgan fingerprint density at radius 1 is 1.04 bits per heavy atom. The van der Waals surface area contributed by atoms with Gasteiger partial charge in [0.25, 0.3) is 0 Å². The first kappa shape index (κ1) is 18.4. The first-order chi connectivity index (χ1) is 12.9. The number of ether oxygens (including phenoxy) is 2. The van der Waals surface area contributed by atoms with Crippen molar-refractivity contribution in [2.45, 2.75) is 13.3 Å². The van der Waals surface area contributed by atoms with Gasteiger partial charge in [-0.25, -0.2) is 9.59 Å². The lowest BCUT2D eigenvalue weighted by molar-refractivity contribution is 0.0597. The van der Waals surface area contributed by atoms with Crippen molar-refractivity contribution < 1.29 is 24.2 Å². The van der Waals surface area contributed by atoms with Crippen LogP contribution in [0.15, 0.2) is 42.6 Å². The molecule has 0 aliphatic heterocycles. The molecule has 0 atom stereocenters. The molecular formula is C21H19NO5. The van der Waals surface area contributed by atoms with Gasteiger partial charge in [0.2, 0.25) is 0 Å². The number of aryl methyl sites for hydroxylation is 1. The summed E-state index contributed by atoms with van der Waals surface area (Å²) in [4.78, 5) is 28.2. The lowest BCUT2D eigenvalue weighted by atomic mass is 9.99. The number of methoxy groups -OCH3 is 2. The second-order valence-electron chi connectivity index (χ2n) is 6.20.